The topological polar surface area (TPSA) is 46.2 Å². The van der Waals surface area contributed by atoms with E-state index in [1.54, 1.807) is 6.07 Å². The summed E-state index contributed by atoms with van der Waals surface area (Å²) in [5, 5.41) is 9.47. The Morgan fingerprint density at radius 3 is 2.76 bits per heavy atom. The van der Waals surface area contributed by atoms with Gasteiger partial charge in [0.1, 0.15) is 5.75 Å². The molecule has 2 nitrogen and oxygen atoms in total. The highest BCUT2D eigenvalue weighted by Crippen LogP contribution is 2.53. The summed E-state index contributed by atoms with van der Waals surface area (Å²) in [5.74, 6) is 1.95. The van der Waals surface area contributed by atoms with Crippen LogP contribution in [0.15, 0.2) is 24.3 Å². The Hall–Kier alpha value is -1.02. The van der Waals surface area contributed by atoms with Crippen molar-refractivity contribution < 1.29 is 5.11 Å². The average Bonchev–Trinajstić information content (AvgIpc) is 2.76. The second-order valence-corrected chi connectivity index (χ2v) is 5.93. The quantitative estimate of drug-likeness (QED) is 0.840. The second kappa shape index (κ2) is 4.02. The lowest BCUT2D eigenvalue weighted by Gasteiger charge is -2.15. The number of phenolic OH excluding ortho intramolecular Hbond substituents is 1. The summed E-state index contributed by atoms with van der Waals surface area (Å²) in [4.78, 5) is 0. The molecule has 2 unspecified atom stereocenters. The first-order valence-electron chi connectivity index (χ1n) is 6.74. The number of phenols is 1. The Kier molecular flexibility index (Phi) is 2.62. The molecule has 2 atom stereocenters. The Morgan fingerprint density at radius 1 is 1.29 bits per heavy atom. The number of hydrogen-bond acceptors (Lipinski definition) is 2. The van der Waals surface area contributed by atoms with Crippen molar-refractivity contribution in [2.24, 2.45) is 17.6 Å². The van der Waals surface area contributed by atoms with Gasteiger partial charge < -0.3 is 10.8 Å². The molecule has 92 valence electrons. The molecular weight excluding hydrogens is 210 g/mol. The highest BCUT2D eigenvalue weighted by Gasteiger charge is 2.54. The third-order valence-electron chi connectivity index (χ3n) is 4.59. The van der Waals surface area contributed by atoms with Gasteiger partial charge in [-0.15, -0.1) is 0 Å². The summed E-state index contributed by atoms with van der Waals surface area (Å²) < 4.78 is 0. The second-order valence-electron chi connectivity index (χ2n) is 5.93. The Bertz CT molecular complexity index is 411. The molecule has 0 heterocycles. The number of benzene rings is 1. The van der Waals surface area contributed by atoms with Gasteiger partial charge in [0.15, 0.2) is 0 Å². The fraction of sp³-hybridized carbons (Fsp3) is 0.600. The number of nitrogens with two attached hydrogens (primary N) is 1. The number of rotatable bonds is 3. The normalized spacial score (nSPS) is 32.9. The first-order valence-corrected chi connectivity index (χ1v) is 6.74. The van der Waals surface area contributed by atoms with Crippen LogP contribution in [0.1, 0.15) is 37.7 Å². The van der Waals surface area contributed by atoms with Gasteiger partial charge in [0, 0.05) is 5.54 Å². The maximum atomic E-state index is 9.47. The van der Waals surface area contributed by atoms with Crippen LogP contribution < -0.4 is 5.73 Å². The van der Waals surface area contributed by atoms with Crippen LogP contribution in [0.3, 0.4) is 0 Å². The van der Waals surface area contributed by atoms with Crippen molar-refractivity contribution in [3.8, 4) is 5.75 Å². The van der Waals surface area contributed by atoms with Crippen molar-refractivity contribution in [2.75, 3.05) is 0 Å². The zero-order valence-electron chi connectivity index (χ0n) is 10.2. The number of aromatic hydroxyl groups is 1. The molecule has 0 radical (unpaired) electrons. The van der Waals surface area contributed by atoms with Crippen molar-refractivity contribution in [3.05, 3.63) is 29.8 Å². The lowest BCUT2D eigenvalue weighted by molar-refractivity contribution is 0.421. The molecule has 2 aliphatic rings. The SMILES string of the molecule is NC1(Cc2cccc(O)c2)CC1C1CCCC1. The van der Waals surface area contributed by atoms with Crippen molar-refractivity contribution in [1.29, 1.82) is 0 Å². The van der Waals surface area contributed by atoms with Crippen LogP contribution in [0.5, 0.6) is 5.75 Å². The first kappa shape index (κ1) is 11.1. The summed E-state index contributed by atoms with van der Waals surface area (Å²) in [6, 6.07) is 7.53. The summed E-state index contributed by atoms with van der Waals surface area (Å²) in [5.41, 5.74) is 7.66. The van der Waals surface area contributed by atoms with Crippen LogP contribution in [-0.2, 0) is 6.42 Å². The van der Waals surface area contributed by atoms with Crippen molar-refractivity contribution in [2.45, 2.75) is 44.1 Å². The van der Waals surface area contributed by atoms with Crippen molar-refractivity contribution in [3.63, 3.8) is 0 Å². The third kappa shape index (κ3) is 2.19. The average molecular weight is 231 g/mol. The molecule has 3 rings (SSSR count). The van der Waals surface area contributed by atoms with E-state index < -0.39 is 0 Å². The van der Waals surface area contributed by atoms with E-state index in [1.807, 2.05) is 12.1 Å². The minimum atomic E-state index is 0.0167. The van der Waals surface area contributed by atoms with Gasteiger partial charge in [-0.25, -0.2) is 0 Å². The maximum absolute atomic E-state index is 9.47. The molecule has 17 heavy (non-hydrogen) atoms. The van der Waals surface area contributed by atoms with E-state index in [2.05, 4.69) is 6.07 Å². The van der Waals surface area contributed by atoms with E-state index in [0.29, 0.717) is 5.75 Å². The van der Waals surface area contributed by atoms with Crippen molar-refractivity contribution >= 4 is 0 Å². The van der Waals surface area contributed by atoms with Gasteiger partial charge in [0.25, 0.3) is 0 Å². The molecule has 2 fully saturated rings. The summed E-state index contributed by atoms with van der Waals surface area (Å²) >= 11 is 0. The van der Waals surface area contributed by atoms with E-state index in [4.69, 9.17) is 5.73 Å². The monoisotopic (exact) mass is 231 g/mol. The van der Waals surface area contributed by atoms with E-state index in [1.165, 1.54) is 37.7 Å². The van der Waals surface area contributed by atoms with Crippen LogP contribution in [0, 0.1) is 11.8 Å². The van der Waals surface area contributed by atoms with Crippen LogP contribution in [0.25, 0.3) is 0 Å². The predicted octanol–water partition coefficient (Wildman–Crippen LogP) is 2.84. The summed E-state index contributed by atoms with van der Waals surface area (Å²) in [7, 11) is 0. The van der Waals surface area contributed by atoms with Crippen molar-refractivity contribution in [1.82, 2.24) is 0 Å². The van der Waals surface area contributed by atoms with E-state index in [-0.39, 0.29) is 5.54 Å². The molecular formula is C15H21NO. The molecule has 2 heteroatoms. The first-order chi connectivity index (χ1) is 8.17. The molecule has 0 saturated heterocycles. The van der Waals surface area contributed by atoms with Crippen LogP contribution in [0.2, 0.25) is 0 Å². The molecule has 0 aromatic heterocycles. The maximum Gasteiger partial charge on any atom is 0.115 e. The molecule has 2 aliphatic carbocycles. The zero-order valence-corrected chi connectivity index (χ0v) is 10.2. The van der Waals surface area contributed by atoms with E-state index >= 15 is 0 Å². The van der Waals surface area contributed by atoms with E-state index in [9.17, 15) is 5.11 Å². The fourth-order valence-electron chi connectivity index (χ4n) is 3.60. The summed E-state index contributed by atoms with van der Waals surface area (Å²) in [6.07, 6.45) is 7.63. The van der Waals surface area contributed by atoms with Gasteiger partial charge in [-0.3, -0.25) is 0 Å². The number of hydrogen-bond donors (Lipinski definition) is 2. The molecule has 1 aromatic carbocycles. The Morgan fingerprint density at radius 2 is 2.06 bits per heavy atom. The molecule has 2 saturated carbocycles. The van der Waals surface area contributed by atoms with Crippen LogP contribution in [0.4, 0.5) is 0 Å². The largest absolute Gasteiger partial charge is 0.508 e. The highest BCUT2D eigenvalue weighted by atomic mass is 16.3. The molecule has 3 N–H and O–H groups in total. The van der Waals surface area contributed by atoms with Crippen LogP contribution >= 0.6 is 0 Å². The highest BCUT2D eigenvalue weighted by molar-refractivity contribution is 5.30. The van der Waals surface area contributed by atoms with Gasteiger partial charge in [0.05, 0.1) is 0 Å². The lowest BCUT2D eigenvalue weighted by Crippen LogP contribution is -2.29. The van der Waals surface area contributed by atoms with Gasteiger partial charge in [-0.2, -0.15) is 0 Å². The van der Waals surface area contributed by atoms with Gasteiger partial charge in [0.2, 0.25) is 0 Å². The summed E-state index contributed by atoms with van der Waals surface area (Å²) in [6.45, 7) is 0. The minimum Gasteiger partial charge on any atom is -0.508 e. The Balaban J connectivity index is 1.66. The third-order valence-corrected chi connectivity index (χ3v) is 4.59. The smallest absolute Gasteiger partial charge is 0.115 e. The molecule has 0 amide bonds. The molecule has 0 aliphatic heterocycles. The predicted molar refractivity (Wildman–Crippen MR) is 68.8 cm³/mol. The van der Waals surface area contributed by atoms with Crippen LogP contribution in [-0.4, -0.2) is 10.6 Å². The fourth-order valence-corrected chi connectivity index (χ4v) is 3.60. The van der Waals surface area contributed by atoms with Gasteiger partial charge in [-0.05, 0) is 42.4 Å². The minimum absolute atomic E-state index is 0.0167. The van der Waals surface area contributed by atoms with E-state index in [0.717, 1.165) is 18.3 Å². The zero-order chi connectivity index (χ0) is 11.9. The standard InChI is InChI=1S/C15H21NO/c16-15(9-11-4-3-7-13(17)8-11)10-14(15)12-5-1-2-6-12/h3-4,7-8,12,14,17H,1-2,5-6,9-10,16H2. The van der Waals surface area contributed by atoms with Gasteiger partial charge >= 0.3 is 0 Å². The van der Waals surface area contributed by atoms with Gasteiger partial charge in [-0.1, -0.05) is 37.8 Å². The molecule has 0 spiro atoms. The molecule has 0 bridgehead atoms. The lowest BCUT2D eigenvalue weighted by atomic mass is 9.94. The Labute approximate surface area is 103 Å². The molecule has 1 aromatic rings.